The first-order chi connectivity index (χ1) is 7.92. The van der Waals surface area contributed by atoms with E-state index in [0.29, 0.717) is 0 Å². The van der Waals surface area contributed by atoms with E-state index in [0.717, 1.165) is 0 Å². The molecule has 0 spiro atoms. The Morgan fingerprint density at radius 2 is 1.19 bits per heavy atom. The Bertz CT molecular complexity index is 442. The van der Waals surface area contributed by atoms with Crippen LogP contribution in [0, 0.1) is 0 Å². The molecule has 0 heterocycles. The van der Waals surface area contributed by atoms with Gasteiger partial charge in [0.2, 0.25) is 0 Å². The highest BCUT2D eigenvalue weighted by atomic mass is 32.2. The molecule has 2 aromatic carbocycles. The van der Waals surface area contributed by atoms with Crippen molar-refractivity contribution >= 4 is 15.9 Å². The second-order valence-corrected chi connectivity index (χ2v) is 5.23. The van der Waals surface area contributed by atoms with Gasteiger partial charge in [-0.2, -0.15) is 0 Å². The van der Waals surface area contributed by atoms with Gasteiger partial charge in [0.25, 0.3) is 0 Å². The Morgan fingerprint density at radius 3 is 1.56 bits per heavy atom. The summed E-state index contributed by atoms with van der Waals surface area (Å²) in [5.74, 6) is 0. The van der Waals surface area contributed by atoms with E-state index in [-0.39, 0.29) is 10.5 Å². The highest BCUT2D eigenvalue weighted by Crippen LogP contribution is 2.34. The highest BCUT2D eigenvalue weighted by molar-refractivity contribution is 8.15. The first kappa shape index (κ1) is 10.9. The maximum absolute atomic E-state index is 3.80. The van der Waals surface area contributed by atoms with Crippen LogP contribution < -0.4 is 0 Å². The summed E-state index contributed by atoms with van der Waals surface area (Å²) < 4.78 is 0. The standard InChI is InChI=1S/C15H14S/c1-2-13-16(14-9-5-3-6-10-14)15-11-7-4-8-12-15/h2-13H,1H2. The summed E-state index contributed by atoms with van der Waals surface area (Å²) in [7, 11) is 0.00568. The summed E-state index contributed by atoms with van der Waals surface area (Å²) in [6, 6.07) is 21.1. The molecule has 0 radical (unpaired) electrons. The lowest BCUT2D eigenvalue weighted by Crippen LogP contribution is -1.79. The summed E-state index contributed by atoms with van der Waals surface area (Å²) >= 11 is 0. The highest BCUT2D eigenvalue weighted by Gasteiger charge is 2.00. The van der Waals surface area contributed by atoms with Crippen molar-refractivity contribution in [2.75, 3.05) is 0 Å². The van der Waals surface area contributed by atoms with Gasteiger partial charge in [-0.15, -0.1) is 10.5 Å². The molecule has 0 saturated carbocycles. The average molecular weight is 226 g/mol. The van der Waals surface area contributed by atoms with E-state index < -0.39 is 0 Å². The van der Waals surface area contributed by atoms with Gasteiger partial charge in [-0.05, 0) is 29.6 Å². The van der Waals surface area contributed by atoms with Gasteiger partial charge in [-0.25, -0.2) is 0 Å². The maximum atomic E-state index is 3.80. The van der Waals surface area contributed by atoms with Gasteiger partial charge < -0.3 is 0 Å². The zero-order chi connectivity index (χ0) is 11.2. The minimum Gasteiger partial charge on any atom is -0.123 e. The summed E-state index contributed by atoms with van der Waals surface area (Å²) in [4.78, 5) is 2.65. The minimum absolute atomic E-state index is 0.00568. The first-order valence-electron chi connectivity index (χ1n) is 5.21. The molecule has 0 atom stereocenters. The van der Waals surface area contributed by atoms with Crippen LogP contribution >= 0.6 is 10.5 Å². The van der Waals surface area contributed by atoms with Crippen LogP contribution in [0.1, 0.15) is 0 Å². The summed E-state index contributed by atoms with van der Waals surface area (Å²) in [5.41, 5.74) is 0. The molecule has 0 nitrogen and oxygen atoms in total. The van der Waals surface area contributed by atoms with E-state index in [1.54, 1.807) is 0 Å². The second kappa shape index (κ2) is 5.47. The molecular formula is C15H14S. The van der Waals surface area contributed by atoms with Crippen LogP contribution in [0.15, 0.2) is 83.1 Å². The van der Waals surface area contributed by atoms with Gasteiger partial charge in [0.15, 0.2) is 0 Å². The van der Waals surface area contributed by atoms with Crippen molar-refractivity contribution in [1.29, 1.82) is 0 Å². The molecule has 16 heavy (non-hydrogen) atoms. The fraction of sp³-hybridized carbons (Fsp3) is 0. The molecule has 0 bridgehead atoms. The van der Waals surface area contributed by atoms with E-state index >= 15 is 0 Å². The summed E-state index contributed by atoms with van der Waals surface area (Å²) in [6.07, 6.45) is 1.88. The number of allylic oxidation sites excluding steroid dienone is 1. The Labute approximate surface area is 99.2 Å². The van der Waals surface area contributed by atoms with Gasteiger partial charge in [-0.1, -0.05) is 49.1 Å². The molecule has 0 aliphatic heterocycles. The lowest BCUT2D eigenvalue weighted by Gasteiger charge is -2.08. The predicted octanol–water partition coefficient (Wildman–Crippen LogP) is 4.36. The number of hydrogen-bond acceptors (Lipinski definition) is 0. The molecule has 0 saturated heterocycles. The van der Waals surface area contributed by atoms with Crippen LogP contribution in [0.25, 0.3) is 0 Å². The van der Waals surface area contributed by atoms with Gasteiger partial charge >= 0.3 is 0 Å². The van der Waals surface area contributed by atoms with Crippen molar-refractivity contribution < 1.29 is 0 Å². The second-order valence-electron chi connectivity index (χ2n) is 3.34. The van der Waals surface area contributed by atoms with Crippen molar-refractivity contribution in [3.05, 3.63) is 73.3 Å². The fourth-order valence-electron chi connectivity index (χ4n) is 1.52. The van der Waals surface area contributed by atoms with Crippen molar-refractivity contribution in [2.24, 2.45) is 0 Å². The number of rotatable bonds is 3. The van der Waals surface area contributed by atoms with E-state index in [1.165, 1.54) is 9.79 Å². The van der Waals surface area contributed by atoms with E-state index in [2.05, 4.69) is 60.5 Å². The van der Waals surface area contributed by atoms with Crippen molar-refractivity contribution in [3.63, 3.8) is 0 Å². The predicted molar refractivity (Wildman–Crippen MR) is 73.3 cm³/mol. The molecule has 2 aromatic rings. The van der Waals surface area contributed by atoms with Crippen molar-refractivity contribution in [2.45, 2.75) is 9.79 Å². The molecule has 0 aromatic heterocycles. The normalized spacial score (nSPS) is 10.1. The topological polar surface area (TPSA) is 0 Å². The molecule has 80 valence electrons. The molecule has 1 heteroatoms. The minimum atomic E-state index is 0.00568. The average Bonchev–Trinajstić information content (AvgIpc) is 2.38. The molecular weight excluding hydrogens is 212 g/mol. The summed E-state index contributed by atoms with van der Waals surface area (Å²) in [5, 5.41) is 2.16. The first-order valence-corrected chi connectivity index (χ1v) is 6.49. The summed E-state index contributed by atoms with van der Waals surface area (Å²) in [6.45, 7) is 3.80. The van der Waals surface area contributed by atoms with E-state index in [9.17, 15) is 0 Å². The maximum Gasteiger partial charge on any atom is 0.00620 e. The van der Waals surface area contributed by atoms with Gasteiger partial charge in [0.05, 0.1) is 0 Å². The van der Waals surface area contributed by atoms with Crippen LogP contribution in [0.4, 0.5) is 0 Å². The van der Waals surface area contributed by atoms with Crippen LogP contribution in [0.5, 0.6) is 0 Å². The Kier molecular flexibility index (Phi) is 3.73. The van der Waals surface area contributed by atoms with Crippen molar-refractivity contribution in [3.8, 4) is 0 Å². The molecule has 0 amide bonds. The Balaban J connectivity index is 2.48. The molecule has 2 rings (SSSR count). The Hall–Kier alpha value is -1.60. The van der Waals surface area contributed by atoms with E-state index in [4.69, 9.17) is 0 Å². The Morgan fingerprint density at radius 1 is 0.750 bits per heavy atom. The third-order valence-electron chi connectivity index (χ3n) is 2.23. The lowest BCUT2D eigenvalue weighted by molar-refractivity contribution is 1.40. The molecule has 0 aliphatic rings. The zero-order valence-electron chi connectivity index (χ0n) is 9.04. The molecule has 0 fully saturated rings. The van der Waals surface area contributed by atoms with Crippen LogP contribution in [-0.4, -0.2) is 5.37 Å². The van der Waals surface area contributed by atoms with Crippen molar-refractivity contribution in [1.82, 2.24) is 0 Å². The quantitative estimate of drug-likeness (QED) is 0.539. The zero-order valence-corrected chi connectivity index (χ0v) is 9.86. The lowest BCUT2D eigenvalue weighted by atomic mass is 10.4. The monoisotopic (exact) mass is 226 g/mol. The fourth-order valence-corrected chi connectivity index (χ4v) is 3.20. The van der Waals surface area contributed by atoms with Crippen LogP contribution in [-0.2, 0) is 0 Å². The SMILES string of the molecule is C=CC=S(c1ccccc1)c1ccccc1. The van der Waals surface area contributed by atoms with E-state index in [1.807, 2.05) is 18.2 Å². The molecule has 0 aliphatic carbocycles. The van der Waals surface area contributed by atoms with Gasteiger partial charge in [0, 0.05) is 9.79 Å². The third-order valence-corrected chi connectivity index (χ3v) is 4.25. The molecule has 0 N–H and O–H groups in total. The largest absolute Gasteiger partial charge is 0.123 e. The van der Waals surface area contributed by atoms with Crippen LogP contribution in [0.3, 0.4) is 0 Å². The van der Waals surface area contributed by atoms with Crippen LogP contribution in [0.2, 0.25) is 0 Å². The molecule has 0 unspecified atom stereocenters. The smallest absolute Gasteiger partial charge is 0.00620 e. The number of hydrogen-bond donors (Lipinski definition) is 0. The van der Waals surface area contributed by atoms with Gasteiger partial charge in [-0.3, -0.25) is 0 Å². The van der Waals surface area contributed by atoms with Gasteiger partial charge in [0.1, 0.15) is 0 Å². The number of benzene rings is 2. The third kappa shape index (κ3) is 2.50.